The smallest absolute Gasteiger partial charge is 0.0746 e. The third kappa shape index (κ3) is 4.40. The normalized spacial score (nSPS) is 24.0. The van der Waals surface area contributed by atoms with E-state index < -0.39 is 5.60 Å². The van der Waals surface area contributed by atoms with Crippen molar-refractivity contribution in [3.05, 3.63) is 0 Å². The molecule has 0 radical (unpaired) electrons. The fraction of sp³-hybridized carbons (Fsp3) is 1.00. The molecule has 0 spiro atoms. The second kappa shape index (κ2) is 5.03. The third-order valence-electron chi connectivity index (χ3n) is 3.09. The quantitative estimate of drug-likeness (QED) is 0.800. The van der Waals surface area contributed by atoms with Crippen LogP contribution in [0.3, 0.4) is 0 Å². The molecule has 3 heteroatoms. The highest BCUT2D eigenvalue weighted by atomic mass is 16.5. The van der Waals surface area contributed by atoms with Crippen LogP contribution in [0.15, 0.2) is 0 Å². The largest absolute Gasteiger partial charge is 0.389 e. The predicted molar refractivity (Wildman–Crippen MR) is 66.6 cm³/mol. The Morgan fingerprint density at radius 2 is 1.88 bits per heavy atom. The number of hydrogen-bond donors (Lipinski definition) is 1. The minimum atomic E-state index is -0.599. The molecule has 16 heavy (non-hydrogen) atoms. The molecule has 0 unspecified atom stereocenters. The molecule has 1 fully saturated rings. The first-order valence-corrected chi connectivity index (χ1v) is 6.30. The molecule has 1 saturated heterocycles. The van der Waals surface area contributed by atoms with Crippen molar-refractivity contribution >= 4 is 0 Å². The highest BCUT2D eigenvalue weighted by Gasteiger charge is 2.35. The van der Waals surface area contributed by atoms with Crippen LogP contribution in [0.5, 0.6) is 0 Å². The molecule has 1 heterocycles. The fourth-order valence-electron chi connectivity index (χ4n) is 2.36. The number of aliphatic hydroxyl groups is 1. The minimum absolute atomic E-state index is 0.0655. The molecule has 1 rings (SSSR count). The van der Waals surface area contributed by atoms with Gasteiger partial charge in [0.15, 0.2) is 0 Å². The van der Waals surface area contributed by atoms with Gasteiger partial charge in [-0.05, 0) is 54.0 Å². The van der Waals surface area contributed by atoms with Crippen molar-refractivity contribution in [1.82, 2.24) is 4.90 Å². The molecule has 0 amide bonds. The van der Waals surface area contributed by atoms with E-state index in [0.29, 0.717) is 0 Å². The molecule has 3 nitrogen and oxygen atoms in total. The van der Waals surface area contributed by atoms with Gasteiger partial charge in [0.25, 0.3) is 0 Å². The van der Waals surface area contributed by atoms with Crippen molar-refractivity contribution in [3.8, 4) is 0 Å². The third-order valence-corrected chi connectivity index (χ3v) is 3.09. The lowest BCUT2D eigenvalue weighted by atomic mass is 9.97. The van der Waals surface area contributed by atoms with Gasteiger partial charge in [-0.1, -0.05) is 0 Å². The number of likely N-dealkylation sites (tertiary alicyclic amines) is 1. The van der Waals surface area contributed by atoms with Gasteiger partial charge in [-0.15, -0.1) is 0 Å². The Kier molecular flexibility index (Phi) is 4.38. The first kappa shape index (κ1) is 13.9. The van der Waals surface area contributed by atoms with Crippen LogP contribution < -0.4 is 0 Å². The summed E-state index contributed by atoms with van der Waals surface area (Å²) >= 11 is 0. The molecule has 1 aliphatic heterocycles. The van der Waals surface area contributed by atoms with Gasteiger partial charge >= 0.3 is 0 Å². The summed E-state index contributed by atoms with van der Waals surface area (Å²) in [5, 5.41) is 10.1. The van der Waals surface area contributed by atoms with Crippen molar-refractivity contribution in [2.24, 2.45) is 0 Å². The molecule has 1 N–H and O–H groups in total. The summed E-state index contributed by atoms with van der Waals surface area (Å²) < 4.78 is 5.73. The van der Waals surface area contributed by atoms with E-state index in [0.717, 1.165) is 26.1 Å². The van der Waals surface area contributed by atoms with Crippen molar-refractivity contribution in [3.63, 3.8) is 0 Å². The lowest BCUT2D eigenvalue weighted by Crippen LogP contribution is -2.47. The fourth-order valence-corrected chi connectivity index (χ4v) is 2.36. The van der Waals surface area contributed by atoms with Crippen molar-refractivity contribution in [2.45, 2.75) is 64.7 Å². The van der Waals surface area contributed by atoms with Crippen LogP contribution in [0.2, 0.25) is 0 Å². The van der Waals surface area contributed by atoms with Gasteiger partial charge in [-0.25, -0.2) is 0 Å². The lowest BCUT2D eigenvalue weighted by molar-refractivity contribution is -0.0382. The first-order chi connectivity index (χ1) is 7.20. The molecule has 1 atom stereocenters. The molecule has 96 valence electrons. The number of hydrogen-bond acceptors (Lipinski definition) is 3. The Morgan fingerprint density at radius 3 is 2.38 bits per heavy atom. The van der Waals surface area contributed by atoms with E-state index in [1.54, 1.807) is 0 Å². The van der Waals surface area contributed by atoms with Crippen LogP contribution in [0.1, 0.15) is 47.5 Å². The molecule has 0 aromatic rings. The van der Waals surface area contributed by atoms with E-state index in [1.165, 1.54) is 6.42 Å². The minimum Gasteiger partial charge on any atom is -0.389 e. The Labute approximate surface area is 99.8 Å². The van der Waals surface area contributed by atoms with E-state index in [2.05, 4.69) is 25.7 Å². The van der Waals surface area contributed by atoms with Crippen LogP contribution in [0, 0.1) is 0 Å². The van der Waals surface area contributed by atoms with Gasteiger partial charge in [0.1, 0.15) is 0 Å². The summed E-state index contributed by atoms with van der Waals surface area (Å²) in [6.45, 7) is 12.8. The van der Waals surface area contributed by atoms with E-state index in [4.69, 9.17) is 4.74 Å². The summed E-state index contributed by atoms with van der Waals surface area (Å²) in [5.41, 5.74) is -0.664. The van der Waals surface area contributed by atoms with Gasteiger partial charge in [-0.3, -0.25) is 4.90 Å². The highest BCUT2D eigenvalue weighted by molar-refractivity contribution is 4.90. The summed E-state index contributed by atoms with van der Waals surface area (Å²) in [6.07, 6.45) is 2.28. The van der Waals surface area contributed by atoms with Gasteiger partial charge in [0, 0.05) is 12.6 Å². The van der Waals surface area contributed by atoms with Gasteiger partial charge < -0.3 is 9.84 Å². The zero-order valence-corrected chi connectivity index (χ0v) is 11.4. The molecule has 0 aromatic heterocycles. The maximum absolute atomic E-state index is 10.1. The van der Waals surface area contributed by atoms with Crippen molar-refractivity contribution in [1.29, 1.82) is 0 Å². The van der Waals surface area contributed by atoms with Crippen LogP contribution in [-0.4, -0.2) is 46.9 Å². The van der Waals surface area contributed by atoms with E-state index >= 15 is 0 Å². The molecular weight excluding hydrogens is 202 g/mol. The van der Waals surface area contributed by atoms with Crippen molar-refractivity contribution < 1.29 is 9.84 Å². The van der Waals surface area contributed by atoms with E-state index in [9.17, 15) is 5.11 Å². The lowest BCUT2D eigenvalue weighted by Gasteiger charge is -2.34. The van der Waals surface area contributed by atoms with Crippen LogP contribution in [0.4, 0.5) is 0 Å². The molecule has 0 saturated carbocycles. The summed E-state index contributed by atoms with van der Waals surface area (Å²) in [5.74, 6) is 0. The predicted octanol–water partition coefficient (Wildman–Crippen LogP) is 2.04. The number of rotatable bonds is 4. The zero-order chi connectivity index (χ0) is 12.4. The average Bonchev–Trinajstić information content (AvgIpc) is 2.48. The van der Waals surface area contributed by atoms with E-state index in [1.807, 2.05) is 13.8 Å². The molecule has 0 aliphatic carbocycles. The Balaban J connectivity index is 2.36. The Bertz CT molecular complexity index is 215. The molecule has 0 bridgehead atoms. The second-order valence-corrected chi connectivity index (χ2v) is 6.31. The maximum Gasteiger partial charge on any atom is 0.0746 e. The Morgan fingerprint density at radius 1 is 1.25 bits per heavy atom. The van der Waals surface area contributed by atoms with E-state index in [-0.39, 0.29) is 11.6 Å². The van der Waals surface area contributed by atoms with Crippen LogP contribution in [0.25, 0.3) is 0 Å². The van der Waals surface area contributed by atoms with Crippen LogP contribution in [-0.2, 0) is 4.74 Å². The van der Waals surface area contributed by atoms with Crippen LogP contribution >= 0.6 is 0 Å². The summed E-state index contributed by atoms with van der Waals surface area (Å²) in [4.78, 5) is 2.35. The number of ether oxygens (including phenoxy) is 1. The Hall–Kier alpha value is -0.120. The highest BCUT2D eigenvalue weighted by Crippen LogP contribution is 2.26. The summed E-state index contributed by atoms with van der Waals surface area (Å²) in [7, 11) is 0. The van der Waals surface area contributed by atoms with Gasteiger partial charge in [-0.2, -0.15) is 0 Å². The molecular formula is C13H27NO2. The van der Waals surface area contributed by atoms with Crippen molar-refractivity contribution in [2.75, 3.05) is 19.7 Å². The zero-order valence-electron chi connectivity index (χ0n) is 11.4. The molecule has 1 aliphatic rings. The first-order valence-electron chi connectivity index (χ1n) is 6.30. The van der Waals surface area contributed by atoms with Gasteiger partial charge in [0.05, 0.1) is 17.8 Å². The van der Waals surface area contributed by atoms with Gasteiger partial charge in [0.2, 0.25) is 0 Å². The monoisotopic (exact) mass is 229 g/mol. The maximum atomic E-state index is 10.1. The number of nitrogens with zero attached hydrogens (tertiary/aromatic N) is 1. The SMILES string of the molecule is CC(C)(C)OCCN1CCC[C@@H]1C(C)(C)O. The standard InChI is InChI=1S/C13H27NO2/c1-12(2,3)16-10-9-14-8-6-7-11(14)13(4,5)15/h11,15H,6-10H2,1-5H3/t11-/m1/s1. The average molecular weight is 229 g/mol. The second-order valence-electron chi connectivity index (χ2n) is 6.31. The molecule has 0 aromatic carbocycles. The topological polar surface area (TPSA) is 32.7 Å². The summed E-state index contributed by atoms with van der Waals surface area (Å²) in [6, 6.07) is 0.288.